The number of anilines is 1. The quantitative estimate of drug-likeness (QED) is 0.303. The zero-order chi connectivity index (χ0) is 34.0. The summed E-state index contributed by atoms with van der Waals surface area (Å²) >= 11 is 0. The van der Waals surface area contributed by atoms with Crippen LogP contribution in [0.15, 0.2) is 65.7 Å². The van der Waals surface area contributed by atoms with E-state index in [-0.39, 0.29) is 18.2 Å². The molecule has 2 heterocycles. The van der Waals surface area contributed by atoms with Gasteiger partial charge < -0.3 is 34.8 Å². The van der Waals surface area contributed by atoms with E-state index < -0.39 is 11.2 Å². The number of isocyanates is 1. The molecule has 2 aromatic carbocycles. The molecule has 0 unspecified atom stereocenters. The molecule has 0 aromatic heterocycles. The molecule has 2 fully saturated rings. The van der Waals surface area contributed by atoms with Crippen LogP contribution in [0.25, 0.3) is 0 Å². The number of carbonyl (C=O) groups is 3. The predicted molar refractivity (Wildman–Crippen MR) is 179 cm³/mol. The zero-order valence-corrected chi connectivity index (χ0v) is 28.1. The summed E-state index contributed by atoms with van der Waals surface area (Å²) in [6.45, 7) is 16.8. The number of hydrogen-bond donors (Lipinski definition) is 2. The van der Waals surface area contributed by atoms with Gasteiger partial charge in [-0.25, -0.2) is 19.2 Å². The lowest BCUT2D eigenvalue weighted by Gasteiger charge is -2.26. The van der Waals surface area contributed by atoms with Crippen molar-refractivity contribution in [3.05, 3.63) is 60.7 Å². The first-order chi connectivity index (χ1) is 21.8. The number of rotatable bonds is 2. The van der Waals surface area contributed by atoms with E-state index in [0.29, 0.717) is 31.9 Å². The molecule has 2 N–H and O–H groups in total. The Labute approximate surface area is 273 Å². The first-order valence-electron chi connectivity index (χ1n) is 15.7. The van der Waals surface area contributed by atoms with Crippen molar-refractivity contribution in [3.8, 4) is 0 Å². The smallest absolute Gasteiger partial charge is 0.410 e. The molecule has 2 saturated heterocycles. The lowest BCUT2D eigenvalue weighted by Crippen LogP contribution is -2.41. The fourth-order valence-corrected chi connectivity index (χ4v) is 4.26. The minimum atomic E-state index is -0.506. The molecule has 12 heteroatoms. The van der Waals surface area contributed by atoms with Crippen molar-refractivity contribution in [2.75, 3.05) is 57.7 Å². The maximum atomic E-state index is 12.3. The monoisotopic (exact) mass is 638 g/mol. The average molecular weight is 639 g/mol. The van der Waals surface area contributed by atoms with Crippen LogP contribution in [0.4, 0.5) is 25.8 Å². The second-order valence-electron chi connectivity index (χ2n) is 12.7. The molecule has 2 aliphatic rings. The van der Waals surface area contributed by atoms with Gasteiger partial charge in [0, 0.05) is 51.5 Å². The maximum absolute atomic E-state index is 12.3. The Morgan fingerprint density at radius 3 is 1.76 bits per heavy atom. The minimum Gasteiger partial charge on any atom is -0.444 e. The number of nitrogens with zero attached hydrogens (tertiary/aromatic N) is 4. The number of urea groups is 1. The van der Waals surface area contributed by atoms with E-state index in [1.54, 1.807) is 26.8 Å². The summed E-state index contributed by atoms with van der Waals surface area (Å²) in [6.07, 6.45) is 2.69. The van der Waals surface area contributed by atoms with Gasteiger partial charge in [0.25, 0.3) is 0 Å². The number of hydrogen-bond acceptors (Lipinski definition) is 8. The summed E-state index contributed by atoms with van der Waals surface area (Å²) in [7, 11) is 0. The summed E-state index contributed by atoms with van der Waals surface area (Å²) in [6, 6.07) is 18.2. The van der Waals surface area contributed by atoms with Crippen LogP contribution in [0.5, 0.6) is 0 Å². The third kappa shape index (κ3) is 16.1. The van der Waals surface area contributed by atoms with Gasteiger partial charge in [-0.1, -0.05) is 36.4 Å². The van der Waals surface area contributed by atoms with Crippen molar-refractivity contribution >= 4 is 35.7 Å². The highest BCUT2D eigenvalue weighted by Gasteiger charge is 2.26. The van der Waals surface area contributed by atoms with Gasteiger partial charge in [0.1, 0.15) is 11.2 Å². The Balaban J connectivity index is 0.000000270. The number of para-hydroxylation sites is 2. The lowest BCUT2D eigenvalue weighted by atomic mass is 10.2. The second kappa shape index (κ2) is 19.2. The highest BCUT2D eigenvalue weighted by atomic mass is 16.6. The Hall–Kier alpha value is -4.41. The van der Waals surface area contributed by atoms with Crippen molar-refractivity contribution in [1.82, 2.24) is 20.0 Å². The minimum absolute atomic E-state index is 0.137. The van der Waals surface area contributed by atoms with Gasteiger partial charge >= 0.3 is 18.2 Å². The molecule has 252 valence electrons. The zero-order valence-electron chi connectivity index (χ0n) is 28.1. The average Bonchev–Trinajstić information content (AvgIpc) is 3.42. The number of aliphatic imine (C=N–C) groups is 1. The maximum Gasteiger partial charge on any atom is 0.410 e. The van der Waals surface area contributed by atoms with Crippen LogP contribution in [0.3, 0.4) is 0 Å². The van der Waals surface area contributed by atoms with Crippen molar-refractivity contribution in [1.29, 1.82) is 0 Å². The number of benzene rings is 2. The molecular weight excluding hydrogens is 588 g/mol. The van der Waals surface area contributed by atoms with Crippen LogP contribution in [-0.2, 0) is 14.3 Å². The van der Waals surface area contributed by atoms with Gasteiger partial charge in [-0.2, -0.15) is 4.99 Å². The molecule has 0 aliphatic carbocycles. The molecule has 12 nitrogen and oxygen atoms in total. The highest BCUT2D eigenvalue weighted by molar-refractivity contribution is 5.89. The highest BCUT2D eigenvalue weighted by Crippen LogP contribution is 2.14. The van der Waals surface area contributed by atoms with Crippen LogP contribution in [0, 0.1) is 0 Å². The van der Waals surface area contributed by atoms with Gasteiger partial charge in [0.2, 0.25) is 6.08 Å². The Kier molecular flexibility index (Phi) is 15.8. The van der Waals surface area contributed by atoms with Crippen LogP contribution in [0.2, 0.25) is 0 Å². The third-order valence-corrected chi connectivity index (χ3v) is 6.38. The van der Waals surface area contributed by atoms with Crippen LogP contribution in [-0.4, -0.2) is 103 Å². The SMILES string of the molecule is CC(C)(C)OC(=O)N1CCCN(C(=O)Nc2ccccc2)CC1.CC(C)(C)OC(=O)N1CCCNCC1.O=C=Nc1ccccc1. The third-order valence-electron chi connectivity index (χ3n) is 6.38. The van der Waals surface area contributed by atoms with Crippen LogP contribution < -0.4 is 10.6 Å². The van der Waals surface area contributed by atoms with E-state index in [2.05, 4.69) is 15.6 Å². The largest absolute Gasteiger partial charge is 0.444 e. The fraction of sp³-hybridized carbons (Fsp3) is 0.529. The predicted octanol–water partition coefficient (Wildman–Crippen LogP) is 6.03. The molecule has 4 amide bonds. The van der Waals surface area contributed by atoms with Crippen molar-refractivity contribution < 1.29 is 28.7 Å². The van der Waals surface area contributed by atoms with Crippen molar-refractivity contribution in [2.45, 2.75) is 65.6 Å². The topological polar surface area (TPSA) is 133 Å². The standard InChI is InChI=1S/C17H25N3O3.C10H20N2O2.C7H5NO/c1-17(2,3)23-16(22)20-11-7-10-19(12-13-20)15(21)18-14-8-5-4-6-9-14;1-10(2,3)14-9(13)12-7-4-5-11-6-8-12;9-6-8-7-4-2-1-3-5-7/h4-6,8-9H,7,10-13H2,1-3H3,(H,18,21);11H,4-8H2,1-3H3;1-5H. The van der Waals surface area contributed by atoms with E-state index in [1.165, 1.54) is 6.08 Å². The van der Waals surface area contributed by atoms with Gasteiger partial charge in [-0.05, 0) is 85.2 Å². The molecule has 0 saturated carbocycles. The molecule has 0 bridgehead atoms. The fourth-order valence-electron chi connectivity index (χ4n) is 4.26. The van der Waals surface area contributed by atoms with E-state index in [4.69, 9.17) is 9.47 Å². The number of ether oxygens (including phenoxy) is 2. The number of nitrogens with one attached hydrogen (secondary N) is 2. The lowest BCUT2D eigenvalue weighted by molar-refractivity contribution is 0.0250. The van der Waals surface area contributed by atoms with E-state index in [9.17, 15) is 19.2 Å². The summed E-state index contributed by atoms with van der Waals surface area (Å²) in [5, 5.41) is 6.12. The second-order valence-corrected chi connectivity index (χ2v) is 12.7. The Morgan fingerprint density at radius 1 is 0.696 bits per heavy atom. The first-order valence-corrected chi connectivity index (χ1v) is 15.7. The molecule has 0 radical (unpaired) electrons. The van der Waals surface area contributed by atoms with Crippen molar-refractivity contribution in [2.24, 2.45) is 4.99 Å². The summed E-state index contributed by atoms with van der Waals surface area (Å²) in [5.74, 6) is 0. The molecule has 4 rings (SSSR count). The summed E-state index contributed by atoms with van der Waals surface area (Å²) < 4.78 is 10.7. The summed E-state index contributed by atoms with van der Waals surface area (Å²) in [5.41, 5.74) is 0.517. The molecule has 46 heavy (non-hydrogen) atoms. The molecule has 2 aromatic rings. The molecule has 2 aliphatic heterocycles. The van der Waals surface area contributed by atoms with Gasteiger partial charge in [-0.3, -0.25) is 0 Å². The van der Waals surface area contributed by atoms with Crippen LogP contribution in [0.1, 0.15) is 54.4 Å². The number of carbonyl (C=O) groups excluding carboxylic acids is 4. The summed E-state index contributed by atoms with van der Waals surface area (Å²) in [4.78, 5) is 54.3. The molecule has 0 atom stereocenters. The van der Waals surface area contributed by atoms with Gasteiger partial charge in [-0.15, -0.1) is 0 Å². The number of amides is 4. The first kappa shape index (κ1) is 37.8. The van der Waals surface area contributed by atoms with Crippen molar-refractivity contribution in [3.63, 3.8) is 0 Å². The van der Waals surface area contributed by atoms with Gasteiger partial charge in [0.05, 0.1) is 5.69 Å². The van der Waals surface area contributed by atoms with E-state index >= 15 is 0 Å². The molecular formula is C34H50N6O6. The molecule has 0 spiro atoms. The Morgan fingerprint density at radius 2 is 1.20 bits per heavy atom. The van der Waals surface area contributed by atoms with Gasteiger partial charge in [0.15, 0.2) is 0 Å². The van der Waals surface area contributed by atoms with Crippen LogP contribution >= 0.6 is 0 Å². The Bertz CT molecular complexity index is 1250. The normalized spacial score (nSPS) is 15.2. The van der Waals surface area contributed by atoms with E-state index in [0.717, 1.165) is 44.7 Å². The van der Waals surface area contributed by atoms with E-state index in [1.807, 2.05) is 90.1 Å².